The second-order valence-electron chi connectivity index (χ2n) is 7.21. The number of para-hydroxylation sites is 1. The molecule has 122 valence electrons. The minimum absolute atomic E-state index is 0.216. The smallest absolute Gasteiger partial charge is 0.223 e. The first-order valence-electron chi connectivity index (χ1n) is 8.60. The number of hydrogen-bond donors (Lipinski definition) is 2. The molecule has 2 bridgehead atoms. The Hall–Kier alpha value is -2.07. The first-order chi connectivity index (χ1) is 11.7. The summed E-state index contributed by atoms with van der Waals surface area (Å²) in [6.07, 6.45) is 10.1. The van der Waals surface area contributed by atoms with Gasteiger partial charge in [-0.2, -0.15) is 0 Å². The number of benzene rings is 1. The number of fused-ring (bicyclic) bond motifs is 3. The zero-order chi connectivity index (χ0) is 16.1. The number of hydrogen-bond acceptors (Lipinski definition) is 3. The van der Waals surface area contributed by atoms with Crippen molar-refractivity contribution in [3.63, 3.8) is 0 Å². The van der Waals surface area contributed by atoms with Crippen LogP contribution >= 0.6 is 11.6 Å². The molecule has 6 rings (SSSR count). The maximum atomic E-state index is 6.41. The van der Waals surface area contributed by atoms with Crippen LogP contribution in [-0.2, 0) is 0 Å². The Labute approximate surface area is 145 Å². The van der Waals surface area contributed by atoms with Crippen molar-refractivity contribution in [3.05, 3.63) is 41.7 Å². The molecule has 3 aromatic rings. The molecule has 0 spiro atoms. The van der Waals surface area contributed by atoms with E-state index in [-0.39, 0.29) is 5.54 Å². The van der Waals surface area contributed by atoms with Gasteiger partial charge in [0.05, 0.1) is 16.9 Å². The van der Waals surface area contributed by atoms with E-state index in [2.05, 4.69) is 27.4 Å². The standard InChI is InChI=1S/C19H19ClN4/c20-15-11-22-18(24-19-7-3-4-12(8-19)9-19)23-17(15)14-10-21-16-6-2-1-5-13(14)16/h1-2,5-6,10-12,21H,3-4,7-9H2,(H,22,23,24). The van der Waals surface area contributed by atoms with Gasteiger partial charge in [-0.3, -0.25) is 0 Å². The molecule has 2 N–H and O–H groups in total. The number of aromatic nitrogens is 3. The Balaban J connectivity index is 1.52. The summed E-state index contributed by atoms with van der Waals surface area (Å²) in [6, 6.07) is 8.20. The van der Waals surface area contributed by atoms with Gasteiger partial charge < -0.3 is 10.3 Å². The van der Waals surface area contributed by atoms with Crippen molar-refractivity contribution >= 4 is 28.5 Å². The van der Waals surface area contributed by atoms with Crippen LogP contribution in [-0.4, -0.2) is 20.5 Å². The summed E-state index contributed by atoms with van der Waals surface area (Å²) in [4.78, 5) is 12.5. The largest absolute Gasteiger partial charge is 0.360 e. The zero-order valence-corrected chi connectivity index (χ0v) is 14.1. The molecule has 0 aliphatic heterocycles. The van der Waals surface area contributed by atoms with E-state index in [9.17, 15) is 0 Å². The van der Waals surface area contributed by atoms with Crippen molar-refractivity contribution in [1.82, 2.24) is 15.0 Å². The molecule has 0 amide bonds. The van der Waals surface area contributed by atoms with Crippen LogP contribution in [0.3, 0.4) is 0 Å². The van der Waals surface area contributed by atoms with E-state index in [4.69, 9.17) is 16.6 Å². The minimum Gasteiger partial charge on any atom is -0.360 e. The number of nitrogens with zero attached hydrogens (tertiary/aromatic N) is 2. The van der Waals surface area contributed by atoms with Gasteiger partial charge in [0.2, 0.25) is 5.95 Å². The zero-order valence-electron chi connectivity index (χ0n) is 13.3. The highest BCUT2D eigenvalue weighted by Gasteiger charge is 2.47. The van der Waals surface area contributed by atoms with Gasteiger partial charge >= 0.3 is 0 Å². The number of halogens is 1. The Kier molecular flexibility index (Phi) is 3.10. The second-order valence-corrected chi connectivity index (χ2v) is 7.62. The number of anilines is 1. The van der Waals surface area contributed by atoms with Crippen LogP contribution < -0.4 is 5.32 Å². The molecule has 3 aliphatic rings. The van der Waals surface area contributed by atoms with E-state index >= 15 is 0 Å². The van der Waals surface area contributed by atoms with Crippen LogP contribution in [0.25, 0.3) is 22.2 Å². The van der Waals surface area contributed by atoms with Crippen LogP contribution in [0.15, 0.2) is 36.7 Å². The number of nitrogens with one attached hydrogen (secondary N) is 2. The molecule has 1 aromatic carbocycles. The summed E-state index contributed by atoms with van der Waals surface area (Å²) >= 11 is 6.41. The van der Waals surface area contributed by atoms with E-state index < -0.39 is 0 Å². The van der Waals surface area contributed by atoms with Crippen molar-refractivity contribution in [2.75, 3.05) is 5.32 Å². The lowest BCUT2D eigenvalue weighted by Crippen LogP contribution is -2.53. The molecule has 3 saturated carbocycles. The van der Waals surface area contributed by atoms with Gasteiger partial charge in [0.15, 0.2) is 0 Å². The Morgan fingerprint density at radius 1 is 1.25 bits per heavy atom. The van der Waals surface area contributed by atoms with Crippen LogP contribution in [0.4, 0.5) is 5.95 Å². The summed E-state index contributed by atoms with van der Waals surface area (Å²) < 4.78 is 0. The highest BCUT2D eigenvalue weighted by Crippen LogP contribution is 2.50. The lowest BCUT2D eigenvalue weighted by molar-refractivity contribution is 0.0960. The predicted octanol–water partition coefficient (Wildman–Crippen LogP) is 5.02. The van der Waals surface area contributed by atoms with Gasteiger partial charge in [0.1, 0.15) is 0 Å². The van der Waals surface area contributed by atoms with Crippen molar-refractivity contribution < 1.29 is 0 Å². The summed E-state index contributed by atoms with van der Waals surface area (Å²) in [6.45, 7) is 0. The molecule has 4 nitrogen and oxygen atoms in total. The monoisotopic (exact) mass is 338 g/mol. The maximum absolute atomic E-state index is 6.41. The first kappa shape index (κ1) is 14.3. The van der Waals surface area contributed by atoms with Crippen LogP contribution in [0, 0.1) is 5.92 Å². The molecule has 2 heterocycles. The van der Waals surface area contributed by atoms with Gasteiger partial charge in [-0.1, -0.05) is 42.6 Å². The Morgan fingerprint density at radius 2 is 2.12 bits per heavy atom. The summed E-state index contributed by atoms with van der Waals surface area (Å²) in [5, 5.41) is 5.32. The first-order valence-corrected chi connectivity index (χ1v) is 8.97. The molecule has 2 aromatic heterocycles. The molecule has 24 heavy (non-hydrogen) atoms. The van der Waals surface area contributed by atoms with Crippen LogP contribution in [0.2, 0.25) is 5.02 Å². The average Bonchev–Trinajstić information content (AvgIpc) is 3.00. The lowest BCUT2D eigenvalue weighted by atomic mass is 9.59. The van der Waals surface area contributed by atoms with Gasteiger partial charge in [-0.15, -0.1) is 0 Å². The van der Waals surface area contributed by atoms with Gasteiger partial charge in [-0.25, -0.2) is 9.97 Å². The minimum atomic E-state index is 0.216. The van der Waals surface area contributed by atoms with Crippen molar-refractivity contribution in [2.45, 2.75) is 37.6 Å². The molecule has 5 heteroatoms. The van der Waals surface area contributed by atoms with Crippen LogP contribution in [0.1, 0.15) is 32.1 Å². The molecular weight excluding hydrogens is 320 g/mol. The highest BCUT2D eigenvalue weighted by molar-refractivity contribution is 6.33. The molecular formula is C19H19ClN4. The average molecular weight is 339 g/mol. The van der Waals surface area contributed by atoms with Crippen molar-refractivity contribution in [2.24, 2.45) is 5.92 Å². The molecule has 0 atom stereocenters. The Bertz CT molecular complexity index is 905. The summed E-state index contributed by atoms with van der Waals surface area (Å²) in [5.74, 6) is 1.59. The number of rotatable bonds is 3. The van der Waals surface area contributed by atoms with E-state index in [1.54, 1.807) is 6.20 Å². The lowest BCUT2D eigenvalue weighted by Gasteiger charge is -2.52. The van der Waals surface area contributed by atoms with Crippen molar-refractivity contribution in [3.8, 4) is 11.3 Å². The van der Waals surface area contributed by atoms with Crippen LogP contribution in [0.5, 0.6) is 0 Å². The molecule has 0 unspecified atom stereocenters. The van der Waals surface area contributed by atoms with Gasteiger partial charge in [0, 0.05) is 28.2 Å². The van der Waals surface area contributed by atoms with E-state index in [1.807, 2.05) is 18.3 Å². The number of H-pyrrole nitrogens is 1. The molecule has 0 saturated heterocycles. The van der Waals surface area contributed by atoms with Gasteiger partial charge in [0.25, 0.3) is 0 Å². The normalized spacial score (nSPS) is 25.5. The third-order valence-electron chi connectivity index (χ3n) is 5.59. The van der Waals surface area contributed by atoms with Gasteiger partial charge in [-0.05, 0) is 31.2 Å². The summed E-state index contributed by atoms with van der Waals surface area (Å²) in [5.41, 5.74) is 3.11. The SMILES string of the molecule is Clc1cnc(NC23CCCC(C2)C3)nc1-c1c[nH]c2ccccc12. The number of aromatic amines is 1. The maximum Gasteiger partial charge on any atom is 0.223 e. The predicted molar refractivity (Wildman–Crippen MR) is 97.3 cm³/mol. The second kappa shape index (κ2) is 5.21. The quantitative estimate of drug-likeness (QED) is 0.704. The molecule has 3 fully saturated rings. The van der Waals surface area contributed by atoms with E-state index in [1.165, 1.54) is 32.1 Å². The Morgan fingerprint density at radius 3 is 2.96 bits per heavy atom. The fraction of sp³-hybridized carbons (Fsp3) is 0.368. The van der Waals surface area contributed by atoms with E-state index in [0.29, 0.717) is 11.0 Å². The fourth-order valence-corrected chi connectivity index (χ4v) is 4.66. The third kappa shape index (κ3) is 2.20. The topological polar surface area (TPSA) is 53.6 Å². The summed E-state index contributed by atoms with van der Waals surface area (Å²) in [7, 11) is 0. The molecule has 0 radical (unpaired) electrons. The highest BCUT2D eigenvalue weighted by atomic mass is 35.5. The molecule has 3 aliphatic carbocycles. The van der Waals surface area contributed by atoms with E-state index in [0.717, 1.165) is 28.1 Å². The third-order valence-corrected chi connectivity index (χ3v) is 5.87. The fourth-order valence-electron chi connectivity index (χ4n) is 4.47. The van der Waals surface area contributed by atoms with Crippen molar-refractivity contribution in [1.29, 1.82) is 0 Å².